The number of rotatable bonds is 3. The highest BCUT2D eigenvalue weighted by molar-refractivity contribution is 6.10. The molecule has 3 aromatic rings. The number of aromatic nitrogens is 3. The van der Waals surface area contributed by atoms with Crippen molar-refractivity contribution in [2.45, 2.75) is 39.7 Å². The van der Waals surface area contributed by atoms with E-state index in [0.717, 1.165) is 11.0 Å². The van der Waals surface area contributed by atoms with Crippen molar-refractivity contribution in [2.24, 2.45) is 0 Å². The summed E-state index contributed by atoms with van der Waals surface area (Å²) in [5.74, 6) is -0.684. The zero-order valence-corrected chi connectivity index (χ0v) is 14.2. The summed E-state index contributed by atoms with van der Waals surface area (Å²) in [5.41, 5.74) is 1.07. The number of para-hydroxylation sites is 2. The number of carbonyl (C=O) groups is 2. The Hall–Kier alpha value is -2.76. The van der Waals surface area contributed by atoms with Crippen LogP contribution in [0.15, 0.2) is 35.4 Å². The van der Waals surface area contributed by atoms with Crippen LogP contribution in [0.1, 0.15) is 44.6 Å². The third-order valence-electron chi connectivity index (χ3n) is 3.90. The monoisotopic (exact) mass is 325 g/mol. The van der Waals surface area contributed by atoms with Crippen LogP contribution in [0.25, 0.3) is 16.6 Å². The van der Waals surface area contributed by atoms with Crippen molar-refractivity contribution in [1.29, 1.82) is 0 Å². The number of hydrogen-bond acceptors (Lipinski definition) is 4. The normalized spacial score (nSPS) is 12.0. The van der Waals surface area contributed by atoms with Crippen molar-refractivity contribution in [1.82, 2.24) is 14.0 Å². The van der Waals surface area contributed by atoms with Crippen LogP contribution in [0.4, 0.5) is 0 Å². The Bertz CT molecular complexity index is 1040. The van der Waals surface area contributed by atoms with Gasteiger partial charge in [0.15, 0.2) is 5.78 Å². The smallest absolute Gasteiger partial charge is 0.278 e. The Morgan fingerprint density at radius 1 is 1.12 bits per heavy atom. The Balaban J connectivity index is 2.47. The fraction of sp³-hybridized carbons (Fsp3) is 0.333. The average Bonchev–Trinajstić information content (AvgIpc) is 2.91. The zero-order valence-electron chi connectivity index (χ0n) is 14.2. The van der Waals surface area contributed by atoms with E-state index in [0.29, 0.717) is 0 Å². The molecule has 6 heteroatoms. The summed E-state index contributed by atoms with van der Waals surface area (Å²) in [6.45, 7) is 7.15. The summed E-state index contributed by atoms with van der Waals surface area (Å²) in [5, 5.41) is 0. The minimum absolute atomic E-state index is 0.0546. The lowest BCUT2D eigenvalue weighted by molar-refractivity contribution is -0.116. The molecule has 2 aromatic heterocycles. The van der Waals surface area contributed by atoms with Gasteiger partial charge in [-0.05, 0) is 39.8 Å². The van der Waals surface area contributed by atoms with E-state index in [1.54, 1.807) is 8.97 Å². The molecule has 0 saturated carbocycles. The maximum Gasteiger partial charge on any atom is 0.278 e. The van der Waals surface area contributed by atoms with E-state index in [9.17, 15) is 14.4 Å². The molecule has 0 spiro atoms. The summed E-state index contributed by atoms with van der Waals surface area (Å²) < 4.78 is 3.30. The second kappa shape index (κ2) is 5.40. The van der Waals surface area contributed by atoms with E-state index >= 15 is 0 Å². The van der Waals surface area contributed by atoms with Crippen molar-refractivity contribution >= 4 is 28.1 Å². The van der Waals surface area contributed by atoms with E-state index < -0.39 is 11.3 Å². The van der Waals surface area contributed by atoms with E-state index in [1.807, 2.05) is 45.0 Å². The van der Waals surface area contributed by atoms with Gasteiger partial charge in [-0.25, -0.2) is 4.98 Å². The molecule has 0 fully saturated rings. The molecule has 0 N–H and O–H groups in total. The van der Waals surface area contributed by atoms with Gasteiger partial charge in [-0.1, -0.05) is 12.1 Å². The van der Waals surface area contributed by atoms with Crippen molar-refractivity contribution in [3.05, 3.63) is 46.6 Å². The van der Waals surface area contributed by atoms with Crippen LogP contribution in [-0.4, -0.2) is 25.5 Å². The molecule has 6 nitrogen and oxygen atoms in total. The van der Waals surface area contributed by atoms with Gasteiger partial charge >= 0.3 is 0 Å². The van der Waals surface area contributed by atoms with E-state index in [1.165, 1.54) is 13.3 Å². The molecular formula is C18H19N3O3. The standard InChI is InChI=1S/C18H19N3O3/c1-11(22)9-14(23)15-16-17(24)21(18(2,3)4)13-8-6-5-7-12(13)20(16)10-19-15/h5-8,10H,9H2,1-4H3. The lowest BCUT2D eigenvalue weighted by Gasteiger charge is -2.25. The van der Waals surface area contributed by atoms with Crippen LogP contribution < -0.4 is 5.56 Å². The third-order valence-corrected chi connectivity index (χ3v) is 3.90. The molecule has 0 saturated heterocycles. The molecular weight excluding hydrogens is 306 g/mol. The summed E-state index contributed by atoms with van der Waals surface area (Å²) >= 11 is 0. The molecule has 0 bridgehead atoms. The van der Waals surface area contributed by atoms with Crippen LogP contribution in [0.3, 0.4) is 0 Å². The lowest BCUT2D eigenvalue weighted by Crippen LogP contribution is -2.35. The van der Waals surface area contributed by atoms with E-state index in [2.05, 4.69) is 4.98 Å². The van der Waals surface area contributed by atoms with Gasteiger partial charge in [0.1, 0.15) is 23.3 Å². The van der Waals surface area contributed by atoms with Crippen LogP contribution in [0.2, 0.25) is 0 Å². The van der Waals surface area contributed by atoms with Crippen molar-refractivity contribution in [3.8, 4) is 0 Å². The number of fused-ring (bicyclic) bond motifs is 3. The Morgan fingerprint density at radius 2 is 1.75 bits per heavy atom. The number of nitrogens with zero attached hydrogens (tertiary/aromatic N) is 3. The van der Waals surface area contributed by atoms with Gasteiger partial charge in [-0.3, -0.25) is 23.4 Å². The van der Waals surface area contributed by atoms with Gasteiger partial charge in [0.2, 0.25) is 0 Å². The molecule has 0 aliphatic heterocycles. The maximum atomic E-state index is 13.1. The first-order chi connectivity index (χ1) is 11.2. The zero-order chi connectivity index (χ0) is 17.6. The van der Waals surface area contributed by atoms with Gasteiger partial charge < -0.3 is 0 Å². The lowest BCUT2D eigenvalue weighted by atomic mass is 10.1. The van der Waals surface area contributed by atoms with Crippen molar-refractivity contribution in [2.75, 3.05) is 0 Å². The van der Waals surface area contributed by atoms with Gasteiger partial charge in [0, 0.05) is 5.54 Å². The van der Waals surface area contributed by atoms with E-state index in [-0.39, 0.29) is 29.0 Å². The Labute approximate surface area is 138 Å². The molecule has 0 radical (unpaired) electrons. The number of ketones is 2. The van der Waals surface area contributed by atoms with Crippen LogP contribution in [0, 0.1) is 0 Å². The van der Waals surface area contributed by atoms with Crippen molar-refractivity contribution in [3.63, 3.8) is 0 Å². The summed E-state index contributed by atoms with van der Waals surface area (Å²) in [4.78, 5) is 40.9. The third kappa shape index (κ3) is 2.44. The first-order valence-electron chi connectivity index (χ1n) is 7.75. The number of imidazole rings is 1. The summed E-state index contributed by atoms with van der Waals surface area (Å²) in [6, 6.07) is 7.49. The molecule has 1 aromatic carbocycles. The highest BCUT2D eigenvalue weighted by Crippen LogP contribution is 2.22. The quantitative estimate of drug-likeness (QED) is 0.548. The van der Waals surface area contributed by atoms with Gasteiger partial charge in [-0.2, -0.15) is 0 Å². The molecule has 24 heavy (non-hydrogen) atoms. The second-order valence-electron chi connectivity index (χ2n) is 6.91. The molecule has 0 unspecified atom stereocenters. The minimum atomic E-state index is -0.469. The molecule has 0 amide bonds. The largest absolute Gasteiger partial charge is 0.300 e. The maximum absolute atomic E-state index is 13.1. The Morgan fingerprint density at radius 3 is 2.33 bits per heavy atom. The van der Waals surface area contributed by atoms with E-state index in [4.69, 9.17) is 0 Å². The number of carbonyl (C=O) groups excluding carboxylic acids is 2. The fourth-order valence-electron chi connectivity index (χ4n) is 2.99. The molecule has 0 aliphatic rings. The predicted octanol–water partition coefficient (Wildman–Crippen LogP) is 2.57. The minimum Gasteiger partial charge on any atom is -0.300 e. The highest BCUT2D eigenvalue weighted by Gasteiger charge is 2.25. The van der Waals surface area contributed by atoms with Gasteiger partial charge in [0.25, 0.3) is 5.56 Å². The number of hydrogen-bond donors (Lipinski definition) is 0. The summed E-state index contributed by atoms with van der Waals surface area (Å²) in [7, 11) is 0. The van der Waals surface area contributed by atoms with Gasteiger partial charge in [0.05, 0.1) is 17.5 Å². The molecule has 2 heterocycles. The predicted molar refractivity (Wildman–Crippen MR) is 91.6 cm³/mol. The Kier molecular flexibility index (Phi) is 3.63. The second-order valence-corrected chi connectivity index (χ2v) is 6.91. The molecule has 3 rings (SSSR count). The molecule has 0 atom stereocenters. The average molecular weight is 325 g/mol. The number of benzene rings is 1. The molecule has 0 aliphatic carbocycles. The van der Waals surface area contributed by atoms with Crippen LogP contribution in [0.5, 0.6) is 0 Å². The summed E-state index contributed by atoms with van der Waals surface area (Å²) in [6.07, 6.45) is 1.22. The first kappa shape index (κ1) is 16.1. The number of Topliss-reactive ketones (excluding diaryl/α,β-unsaturated/α-hetero) is 2. The highest BCUT2D eigenvalue weighted by atomic mass is 16.2. The SMILES string of the molecule is CC(=O)CC(=O)c1ncn2c1c(=O)n(C(C)(C)C)c1ccccc12. The van der Waals surface area contributed by atoms with Crippen LogP contribution >= 0.6 is 0 Å². The first-order valence-corrected chi connectivity index (χ1v) is 7.75. The van der Waals surface area contributed by atoms with Crippen LogP contribution in [-0.2, 0) is 10.3 Å². The van der Waals surface area contributed by atoms with Gasteiger partial charge in [-0.15, -0.1) is 0 Å². The molecule has 124 valence electrons. The fourth-order valence-corrected chi connectivity index (χ4v) is 2.99. The van der Waals surface area contributed by atoms with Crippen molar-refractivity contribution < 1.29 is 9.59 Å². The topological polar surface area (TPSA) is 73.4 Å².